The maximum Gasteiger partial charge on any atom is 0.342 e. The number of rotatable bonds is 5. The molecule has 0 bridgehead atoms. The zero-order valence-electron chi connectivity index (χ0n) is 10.9. The molecule has 0 fully saturated rings. The number of carbonyl (C=O) groups is 1. The van der Waals surface area contributed by atoms with Gasteiger partial charge in [-0.1, -0.05) is 0 Å². The number of anilines is 1. The van der Waals surface area contributed by atoms with Crippen molar-refractivity contribution in [3.63, 3.8) is 0 Å². The number of nitrogens with one attached hydrogen (secondary N) is 3. The highest BCUT2D eigenvalue weighted by molar-refractivity contribution is 7.92. The molecular weight excluding hydrogens is 284 g/mol. The predicted molar refractivity (Wildman–Crippen MR) is 70.9 cm³/mol. The molecule has 108 valence electrons. The molecule has 0 aliphatic heterocycles. The Labute approximate surface area is 115 Å². The lowest BCUT2D eigenvalue weighted by Crippen LogP contribution is -2.16. The van der Waals surface area contributed by atoms with E-state index in [0.717, 1.165) is 0 Å². The highest BCUT2D eigenvalue weighted by atomic mass is 32.2. The largest absolute Gasteiger partial charge is 0.462 e. The Morgan fingerprint density at radius 2 is 2.25 bits per heavy atom. The zero-order chi connectivity index (χ0) is 14.8. The summed E-state index contributed by atoms with van der Waals surface area (Å²) in [6.45, 7) is 3.53. The average Bonchev–Trinajstić information content (AvgIpc) is 2.99. The van der Waals surface area contributed by atoms with Crippen LogP contribution >= 0.6 is 0 Å². The van der Waals surface area contributed by atoms with E-state index in [-0.39, 0.29) is 22.9 Å². The highest BCUT2D eigenvalue weighted by Crippen LogP contribution is 2.23. The molecule has 2 heterocycles. The molecule has 2 aromatic heterocycles. The fraction of sp³-hybridized carbons (Fsp3) is 0.273. The summed E-state index contributed by atoms with van der Waals surface area (Å²) in [5.74, 6) is -0.589. The lowest BCUT2D eigenvalue weighted by atomic mass is 10.2. The van der Waals surface area contributed by atoms with Gasteiger partial charge in [-0.05, 0) is 19.9 Å². The normalized spacial score (nSPS) is 11.3. The molecule has 0 radical (unpaired) electrons. The van der Waals surface area contributed by atoms with Crippen LogP contribution in [0.3, 0.4) is 0 Å². The molecule has 0 saturated carbocycles. The summed E-state index contributed by atoms with van der Waals surface area (Å²) in [6.07, 6.45) is 2.72. The van der Waals surface area contributed by atoms with Crippen LogP contribution in [0, 0.1) is 6.92 Å². The van der Waals surface area contributed by atoms with Crippen molar-refractivity contribution in [1.82, 2.24) is 15.2 Å². The zero-order valence-corrected chi connectivity index (χ0v) is 11.7. The summed E-state index contributed by atoms with van der Waals surface area (Å²) in [5.41, 5.74) is 0.816. The number of nitrogens with zero attached hydrogens (tertiary/aromatic N) is 1. The number of ether oxygens (including phenoxy) is 1. The van der Waals surface area contributed by atoms with E-state index in [4.69, 9.17) is 4.74 Å². The third-order valence-electron chi connectivity index (χ3n) is 2.57. The van der Waals surface area contributed by atoms with Gasteiger partial charge >= 0.3 is 5.97 Å². The molecule has 2 aromatic rings. The first-order valence-electron chi connectivity index (χ1n) is 5.83. The molecule has 0 saturated heterocycles. The average molecular weight is 298 g/mol. The Hall–Kier alpha value is -2.29. The monoisotopic (exact) mass is 298 g/mol. The Morgan fingerprint density at radius 1 is 1.50 bits per heavy atom. The van der Waals surface area contributed by atoms with E-state index in [0.29, 0.717) is 5.69 Å². The second-order valence-corrected chi connectivity index (χ2v) is 5.60. The van der Waals surface area contributed by atoms with Crippen molar-refractivity contribution >= 4 is 21.7 Å². The number of aromatic nitrogens is 3. The van der Waals surface area contributed by atoms with Crippen molar-refractivity contribution in [2.45, 2.75) is 18.9 Å². The lowest BCUT2D eigenvalue weighted by molar-refractivity contribution is 0.0527. The summed E-state index contributed by atoms with van der Waals surface area (Å²) in [6, 6.07) is 1.31. The molecule has 0 aromatic carbocycles. The number of sulfonamides is 1. The van der Waals surface area contributed by atoms with E-state index in [9.17, 15) is 13.2 Å². The van der Waals surface area contributed by atoms with E-state index >= 15 is 0 Å². The van der Waals surface area contributed by atoms with Gasteiger partial charge in [-0.25, -0.2) is 4.79 Å². The van der Waals surface area contributed by atoms with Crippen LogP contribution in [0.4, 0.5) is 5.69 Å². The van der Waals surface area contributed by atoms with Crippen molar-refractivity contribution in [1.29, 1.82) is 0 Å². The number of carbonyl (C=O) groups excluding carboxylic acids is 1. The number of H-pyrrole nitrogens is 2. The molecule has 3 N–H and O–H groups in total. The number of hydrogen-bond donors (Lipinski definition) is 3. The van der Waals surface area contributed by atoms with Gasteiger partial charge in [-0.15, -0.1) is 0 Å². The molecular formula is C11H14N4O4S. The molecule has 2 rings (SSSR count). The van der Waals surface area contributed by atoms with Crippen LogP contribution in [0.2, 0.25) is 0 Å². The van der Waals surface area contributed by atoms with Crippen LogP contribution in [0.25, 0.3) is 0 Å². The number of esters is 1. The maximum absolute atomic E-state index is 12.1. The van der Waals surface area contributed by atoms with Gasteiger partial charge < -0.3 is 9.72 Å². The second kappa shape index (κ2) is 5.37. The first-order valence-corrected chi connectivity index (χ1v) is 7.31. The van der Waals surface area contributed by atoms with Gasteiger partial charge in [0.05, 0.1) is 18.5 Å². The standard InChI is InChI=1S/C11H14N4O4S/c1-3-19-11(16)10-7(2)12-6-8(10)15-20(17,18)9-4-5-13-14-9/h4-6,12,15H,3H2,1-2H3,(H,13,14). The van der Waals surface area contributed by atoms with E-state index in [1.807, 2.05) is 0 Å². The topological polar surface area (TPSA) is 117 Å². The number of aryl methyl sites for hydroxylation is 1. The number of aromatic amines is 2. The number of hydrogen-bond acceptors (Lipinski definition) is 5. The van der Waals surface area contributed by atoms with Crippen LogP contribution in [0.5, 0.6) is 0 Å². The third kappa shape index (κ3) is 2.67. The van der Waals surface area contributed by atoms with E-state index in [2.05, 4.69) is 19.9 Å². The summed E-state index contributed by atoms with van der Waals surface area (Å²) >= 11 is 0. The minimum absolute atomic E-state index is 0.0915. The van der Waals surface area contributed by atoms with Crippen molar-refractivity contribution in [3.05, 3.63) is 29.7 Å². The van der Waals surface area contributed by atoms with Crippen LogP contribution in [-0.2, 0) is 14.8 Å². The Morgan fingerprint density at radius 3 is 2.85 bits per heavy atom. The smallest absolute Gasteiger partial charge is 0.342 e. The van der Waals surface area contributed by atoms with Gasteiger partial charge in [-0.2, -0.15) is 13.5 Å². The molecule has 0 atom stereocenters. The lowest BCUT2D eigenvalue weighted by Gasteiger charge is -2.07. The first-order chi connectivity index (χ1) is 9.45. The van der Waals surface area contributed by atoms with Gasteiger partial charge in [-0.3, -0.25) is 9.82 Å². The van der Waals surface area contributed by atoms with Crippen molar-refractivity contribution in [3.8, 4) is 0 Å². The molecule has 9 heteroatoms. The van der Waals surface area contributed by atoms with Gasteiger partial charge in [0.2, 0.25) is 0 Å². The molecule has 0 aliphatic rings. The van der Waals surface area contributed by atoms with Gasteiger partial charge in [0.25, 0.3) is 10.0 Å². The van der Waals surface area contributed by atoms with Gasteiger partial charge in [0.1, 0.15) is 5.56 Å². The minimum atomic E-state index is -3.82. The minimum Gasteiger partial charge on any atom is -0.462 e. The molecule has 0 unspecified atom stereocenters. The maximum atomic E-state index is 12.1. The fourth-order valence-electron chi connectivity index (χ4n) is 1.67. The van der Waals surface area contributed by atoms with E-state index < -0.39 is 16.0 Å². The van der Waals surface area contributed by atoms with Gasteiger partial charge in [0.15, 0.2) is 5.03 Å². The SMILES string of the molecule is CCOC(=O)c1c(NS(=O)(=O)c2ccn[nH]2)c[nH]c1C. The van der Waals surface area contributed by atoms with Crippen LogP contribution in [-0.4, -0.2) is 36.2 Å². The Bertz CT molecular complexity index is 703. The quantitative estimate of drug-likeness (QED) is 0.712. The van der Waals surface area contributed by atoms with Crippen molar-refractivity contribution < 1.29 is 17.9 Å². The van der Waals surface area contributed by atoms with E-state index in [1.165, 1.54) is 18.5 Å². The Balaban J connectivity index is 2.34. The van der Waals surface area contributed by atoms with Gasteiger partial charge in [0, 0.05) is 11.9 Å². The summed E-state index contributed by atoms with van der Waals surface area (Å²) in [4.78, 5) is 14.6. The van der Waals surface area contributed by atoms with Crippen LogP contribution in [0.1, 0.15) is 23.0 Å². The van der Waals surface area contributed by atoms with Crippen molar-refractivity contribution in [2.75, 3.05) is 11.3 Å². The molecule has 0 spiro atoms. The first kappa shape index (κ1) is 14.1. The highest BCUT2D eigenvalue weighted by Gasteiger charge is 2.23. The molecule has 0 aliphatic carbocycles. The summed E-state index contributed by atoms with van der Waals surface area (Å²) in [7, 11) is -3.82. The molecule has 8 nitrogen and oxygen atoms in total. The van der Waals surface area contributed by atoms with Crippen LogP contribution in [0.15, 0.2) is 23.5 Å². The third-order valence-corrected chi connectivity index (χ3v) is 3.86. The second-order valence-electron chi connectivity index (χ2n) is 3.95. The van der Waals surface area contributed by atoms with Crippen LogP contribution < -0.4 is 4.72 Å². The van der Waals surface area contributed by atoms with Crippen molar-refractivity contribution in [2.24, 2.45) is 0 Å². The predicted octanol–water partition coefficient (Wildman–Crippen LogP) is 1.02. The molecule has 20 heavy (non-hydrogen) atoms. The summed E-state index contributed by atoms with van der Waals surface area (Å²) in [5, 5.41) is 5.84. The summed E-state index contributed by atoms with van der Waals surface area (Å²) < 4.78 is 31.3. The fourth-order valence-corrected chi connectivity index (χ4v) is 2.64. The Kier molecular flexibility index (Phi) is 3.79. The van der Waals surface area contributed by atoms with E-state index in [1.54, 1.807) is 13.8 Å². The molecule has 0 amide bonds.